The van der Waals surface area contributed by atoms with Gasteiger partial charge in [0.25, 0.3) is 5.91 Å². The standard InChI is InChI=1S/C17H25NO3/c1-17(2,20)9-8-14-4-6-15(7-5-14)16(19)18-10-3-12-21-13-11-18/h4-7,20H,3,8-13H2,1-2H3. The van der Waals surface area contributed by atoms with Crippen LogP contribution in [0.25, 0.3) is 0 Å². The molecule has 0 spiro atoms. The number of aryl methyl sites for hydroxylation is 1. The van der Waals surface area contributed by atoms with Crippen molar-refractivity contribution in [3.8, 4) is 0 Å². The monoisotopic (exact) mass is 291 g/mol. The second kappa shape index (κ2) is 7.05. The van der Waals surface area contributed by atoms with Gasteiger partial charge in [0.2, 0.25) is 0 Å². The van der Waals surface area contributed by atoms with Gasteiger partial charge in [0.05, 0.1) is 12.2 Å². The van der Waals surface area contributed by atoms with Crippen LogP contribution in [-0.4, -0.2) is 47.8 Å². The quantitative estimate of drug-likeness (QED) is 0.925. The fraction of sp³-hybridized carbons (Fsp3) is 0.588. The van der Waals surface area contributed by atoms with Gasteiger partial charge in [-0.15, -0.1) is 0 Å². The van der Waals surface area contributed by atoms with Gasteiger partial charge in [-0.3, -0.25) is 4.79 Å². The Kier molecular flexibility index (Phi) is 5.37. The molecule has 1 aromatic rings. The predicted molar refractivity (Wildman–Crippen MR) is 82.4 cm³/mol. The third kappa shape index (κ3) is 5.14. The molecule has 1 aliphatic heterocycles. The van der Waals surface area contributed by atoms with E-state index in [0.717, 1.165) is 37.1 Å². The highest BCUT2D eigenvalue weighted by atomic mass is 16.5. The molecule has 116 valence electrons. The summed E-state index contributed by atoms with van der Waals surface area (Å²) in [7, 11) is 0. The average Bonchev–Trinajstić information content (AvgIpc) is 2.73. The number of hydrogen-bond donors (Lipinski definition) is 1. The molecular weight excluding hydrogens is 266 g/mol. The number of ether oxygens (including phenoxy) is 1. The Morgan fingerprint density at radius 3 is 2.62 bits per heavy atom. The highest BCUT2D eigenvalue weighted by Crippen LogP contribution is 2.15. The van der Waals surface area contributed by atoms with Crippen molar-refractivity contribution < 1.29 is 14.6 Å². The second-order valence-electron chi connectivity index (χ2n) is 6.27. The van der Waals surface area contributed by atoms with E-state index in [9.17, 15) is 9.90 Å². The van der Waals surface area contributed by atoms with Crippen LogP contribution < -0.4 is 0 Å². The lowest BCUT2D eigenvalue weighted by Crippen LogP contribution is -2.33. The minimum absolute atomic E-state index is 0.0783. The van der Waals surface area contributed by atoms with E-state index in [1.807, 2.05) is 43.0 Å². The van der Waals surface area contributed by atoms with Gasteiger partial charge in [-0.25, -0.2) is 0 Å². The third-order valence-corrected chi connectivity index (χ3v) is 3.74. The zero-order valence-electron chi connectivity index (χ0n) is 13.0. The predicted octanol–water partition coefficient (Wildman–Crippen LogP) is 2.25. The van der Waals surface area contributed by atoms with E-state index in [1.54, 1.807) is 0 Å². The Labute approximate surface area is 126 Å². The van der Waals surface area contributed by atoms with E-state index in [4.69, 9.17) is 4.74 Å². The van der Waals surface area contributed by atoms with E-state index in [1.165, 1.54) is 0 Å². The van der Waals surface area contributed by atoms with Crippen LogP contribution in [0, 0.1) is 0 Å². The molecule has 1 saturated heterocycles. The van der Waals surface area contributed by atoms with E-state index < -0.39 is 5.60 Å². The summed E-state index contributed by atoms with van der Waals surface area (Å²) in [5.74, 6) is 0.0783. The molecule has 1 amide bonds. The molecule has 0 radical (unpaired) electrons. The maximum Gasteiger partial charge on any atom is 0.253 e. The molecule has 4 nitrogen and oxygen atoms in total. The number of carbonyl (C=O) groups excluding carboxylic acids is 1. The summed E-state index contributed by atoms with van der Waals surface area (Å²) in [6.45, 7) is 6.41. The van der Waals surface area contributed by atoms with Gasteiger partial charge in [0, 0.05) is 25.3 Å². The van der Waals surface area contributed by atoms with Gasteiger partial charge < -0.3 is 14.7 Å². The van der Waals surface area contributed by atoms with Crippen LogP contribution in [0.4, 0.5) is 0 Å². The van der Waals surface area contributed by atoms with Crippen LogP contribution in [0.1, 0.15) is 42.6 Å². The molecule has 0 saturated carbocycles. The molecular formula is C17H25NO3. The second-order valence-corrected chi connectivity index (χ2v) is 6.27. The first-order valence-electron chi connectivity index (χ1n) is 7.64. The largest absolute Gasteiger partial charge is 0.390 e. The van der Waals surface area contributed by atoms with Crippen molar-refractivity contribution >= 4 is 5.91 Å². The first-order chi connectivity index (χ1) is 9.96. The molecule has 2 rings (SSSR count). The molecule has 0 unspecified atom stereocenters. The third-order valence-electron chi connectivity index (χ3n) is 3.74. The van der Waals surface area contributed by atoms with Crippen molar-refractivity contribution in [3.05, 3.63) is 35.4 Å². The summed E-state index contributed by atoms with van der Waals surface area (Å²) in [5, 5.41) is 9.75. The average molecular weight is 291 g/mol. The highest BCUT2D eigenvalue weighted by molar-refractivity contribution is 5.94. The smallest absolute Gasteiger partial charge is 0.253 e. The van der Waals surface area contributed by atoms with E-state index >= 15 is 0 Å². The minimum atomic E-state index is -0.652. The van der Waals surface area contributed by atoms with Crippen molar-refractivity contribution in [1.29, 1.82) is 0 Å². The normalized spacial score (nSPS) is 16.6. The zero-order valence-corrected chi connectivity index (χ0v) is 13.0. The number of aliphatic hydroxyl groups is 1. The number of carbonyl (C=O) groups is 1. The Bertz CT molecular complexity index is 454. The van der Waals surface area contributed by atoms with Crippen molar-refractivity contribution in [2.75, 3.05) is 26.3 Å². The number of amides is 1. The number of benzene rings is 1. The van der Waals surface area contributed by atoms with Crippen LogP contribution in [0.15, 0.2) is 24.3 Å². The molecule has 0 aliphatic carbocycles. The summed E-state index contributed by atoms with van der Waals surface area (Å²) >= 11 is 0. The fourth-order valence-electron chi connectivity index (χ4n) is 2.40. The van der Waals surface area contributed by atoms with Crippen molar-refractivity contribution in [2.24, 2.45) is 0 Å². The zero-order chi connectivity index (χ0) is 15.3. The van der Waals surface area contributed by atoms with Crippen LogP contribution in [0.2, 0.25) is 0 Å². The summed E-state index contributed by atoms with van der Waals surface area (Å²) in [4.78, 5) is 14.3. The van der Waals surface area contributed by atoms with Crippen LogP contribution in [-0.2, 0) is 11.2 Å². The fourth-order valence-corrected chi connectivity index (χ4v) is 2.40. The van der Waals surface area contributed by atoms with Gasteiger partial charge in [-0.1, -0.05) is 12.1 Å². The molecule has 1 aliphatic rings. The first kappa shape index (κ1) is 16.0. The maximum absolute atomic E-state index is 12.4. The van der Waals surface area contributed by atoms with Gasteiger partial charge in [-0.2, -0.15) is 0 Å². The van der Waals surface area contributed by atoms with Crippen LogP contribution in [0.5, 0.6) is 0 Å². The minimum Gasteiger partial charge on any atom is -0.390 e. The Morgan fingerprint density at radius 2 is 1.95 bits per heavy atom. The molecule has 1 aromatic carbocycles. The van der Waals surface area contributed by atoms with Gasteiger partial charge in [-0.05, 0) is 50.8 Å². The number of rotatable bonds is 4. The lowest BCUT2D eigenvalue weighted by molar-refractivity contribution is 0.0711. The van der Waals surface area contributed by atoms with E-state index in [-0.39, 0.29) is 5.91 Å². The van der Waals surface area contributed by atoms with Gasteiger partial charge >= 0.3 is 0 Å². The van der Waals surface area contributed by atoms with Crippen molar-refractivity contribution in [2.45, 2.75) is 38.7 Å². The lowest BCUT2D eigenvalue weighted by Gasteiger charge is -2.20. The summed E-state index contributed by atoms with van der Waals surface area (Å²) in [6, 6.07) is 7.72. The maximum atomic E-state index is 12.4. The topological polar surface area (TPSA) is 49.8 Å². The molecule has 21 heavy (non-hydrogen) atoms. The van der Waals surface area contributed by atoms with Crippen molar-refractivity contribution in [1.82, 2.24) is 4.90 Å². The van der Waals surface area contributed by atoms with Crippen LogP contribution >= 0.6 is 0 Å². The number of hydrogen-bond acceptors (Lipinski definition) is 3. The van der Waals surface area contributed by atoms with Crippen molar-refractivity contribution in [3.63, 3.8) is 0 Å². The summed E-state index contributed by atoms with van der Waals surface area (Å²) in [6.07, 6.45) is 2.43. The summed E-state index contributed by atoms with van der Waals surface area (Å²) in [5.41, 5.74) is 1.22. The molecule has 0 atom stereocenters. The number of nitrogens with zero attached hydrogens (tertiary/aromatic N) is 1. The van der Waals surface area contributed by atoms with Gasteiger partial charge in [0.1, 0.15) is 0 Å². The van der Waals surface area contributed by atoms with Crippen LogP contribution in [0.3, 0.4) is 0 Å². The van der Waals surface area contributed by atoms with Gasteiger partial charge in [0.15, 0.2) is 0 Å². The molecule has 0 bridgehead atoms. The Morgan fingerprint density at radius 1 is 1.24 bits per heavy atom. The molecule has 1 fully saturated rings. The van der Waals surface area contributed by atoms with E-state index in [2.05, 4.69) is 0 Å². The molecule has 1 heterocycles. The SMILES string of the molecule is CC(C)(O)CCc1ccc(C(=O)N2CCCOCC2)cc1. The highest BCUT2D eigenvalue weighted by Gasteiger charge is 2.17. The molecule has 0 aromatic heterocycles. The Hall–Kier alpha value is -1.39. The molecule has 4 heteroatoms. The van der Waals surface area contributed by atoms with E-state index in [0.29, 0.717) is 19.6 Å². The lowest BCUT2D eigenvalue weighted by atomic mass is 9.98. The summed E-state index contributed by atoms with van der Waals surface area (Å²) < 4.78 is 5.38. The Balaban J connectivity index is 1.96. The molecule has 1 N–H and O–H groups in total. The first-order valence-corrected chi connectivity index (χ1v) is 7.64.